The molecule has 0 aromatic heterocycles. The predicted molar refractivity (Wildman–Crippen MR) is 70.2 cm³/mol. The van der Waals surface area contributed by atoms with Crippen molar-refractivity contribution in [1.82, 2.24) is 0 Å². The Kier molecular flexibility index (Phi) is 4.20. The van der Waals surface area contributed by atoms with Gasteiger partial charge in [-0.15, -0.1) is 3.89 Å². The van der Waals surface area contributed by atoms with Crippen LogP contribution in [-0.4, -0.2) is 5.91 Å². The second-order valence-corrected chi connectivity index (χ2v) is 3.79. The van der Waals surface area contributed by atoms with Gasteiger partial charge in [-0.25, -0.2) is 0 Å². The molecule has 0 atom stereocenters. The molecule has 2 aromatic rings. The van der Waals surface area contributed by atoms with Gasteiger partial charge in [0.05, 0.1) is 0 Å². The summed E-state index contributed by atoms with van der Waals surface area (Å²) < 4.78 is 16.6. The molecule has 1 N–H and O–H groups in total. The van der Waals surface area contributed by atoms with Crippen LogP contribution < -0.4 is 9.50 Å². The van der Waals surface area contributed by atoms with E-state index in [0.717, 1.165) is 0 Å². The molecule has 0 aliphatic heterocycles. The zero-order valence-electron chi connectivity index (χ0n) is 9.30. The van der Waals surface area contributed by atoms with E-state index in [2.05, 4.69) is 9.50 Å². The summed E-state index contributed by atoms with van der Waals surface area (Å²) in [5.41, 5.74) is 1.11. The van der Waals surface area contributed by atoms with E-state index < -0.39 is 0 Å². The Morgan fingerprint density at radius 2 is 1.89 bits per heavy atom. The average Bonchev–Trinajstić information content (AvgIpc) is 2.40. The third-order valence-corrected chi connectivity index (χ3v) is 2.51. The smallest absolute Gasteiger partial charge is 0.272 e. The third kappa shape index (κ3) is 3.24. The lowest BCUT2D eigenvalue weighted by Crippen LogP contribution is -2.11. The minimum atomic E-state index is -0.234. The van der Waals surface area contributed by atoms with Gasteiger partial charge in [0, 0.05) is 17.3 Å². The second-order valence-electron chi connectivity index (χ2n) is 3.49. The quantitative estimate of drug-likeness (QED) is 0.851. The van der Waals surface area contributed by atoms with E-state index in [-0.39, 0.29) is 18.3 Å². The summed E-state index contributed by atoms with van der Waals surface area (Å²) >= 11 is -0.234. The normalized spacial score (nSPS) is 9.83. The lowest BCUT2D eigenvalue weighted by molar-refractivity contribution is 0.102. The topological polar surface area (TPSA) is 38.3 Å². The predicted octanol–water partition coefficient (Wildman–Crippen LogP) is 3.85. The molecular formula is C13H10FNO2S. The molecule has 1 amide bonds. The lowest BCUT2D eigenvalue weighted by Gasteiger charge is -2.06. The minimum absolute atomic E-state index is 0.222. The molecule has 18 heavy (non-hydrogen) atoms. The lowest BCUT2D eigenvalue weighted by atomic mass is 10.2. The van der Waals surface area contributed by atoms with Gasteiger partial charge in [0.25, 0.3) is 18.3 Å². The molecule has 0 unspecified atom stereocenters. The fraction of sp³-hybridized carbons (Fsp3) is 0. The van der Waals surface area contributed by atoms with Gasteiger partial charge in [-0.1, -0.05) is 24.3 Å². The van der Waals surface area contributed by atoms with Crippen molar-refractivity contribution in [3.8, 4) is 5.75 Å². The molecule has 92 valence electrons. The standard InChI is InChI=1S/C13H10FNO2S/c14-18-17-12-8-4-7-11(9-12)15-13(16)10-5-2-1-3-6-10/h1-9H,(H,15,16). The van der Waals surface area contributed by atoms with E-state index in [1.54, 1.807) is 48.5 Å². The molecule has 0 spiro atoms. The molecule has 2 aromatic carbocycles. The van der Waals surface area contributed by atoms with Gasteiger partial charge in [-0.3, -0.25) is 4.79 Å². The fourth-order valence-electron chi connectivity index (χ4n) is 1.45. The maximum atomic E-state index is 11.9. The summed E-state index contributed by atoms with van der Waals surface area (Å²) in [6.07, 6.45) is 0. The SMILES string of the molecule is O=C(Nc1cccc(OSF)c1)c1ccccc1. The highest BCUT2D eigenvalue weighted by Crippen LogP contribution is 2.21. The van der Waals surface area contributed by atoms with Gasteiger partial charge in [0.2, 0.25) is 0 Å². The summed E-state index contributed by atoms with van der Waals surface area (Å²) in [5.74, 6) is 0.119. The van der Waals surface area contributed by atoms with Gasteiger partial charge in [0.15, 0.2) is 0 Å². The summed E-state index contributed by atoms with van der Waals surface area (Å²) in [6.45, 7) is 0. The van der Waals surface area contributed by atoms with Crippen LogP contribution in [-0.2, 0) is 0 Å². The van der Waals surface area contributed by atoms with Crippen LogP contribution in [0, 0.1) is 0 Å². The molecule has 0 radical (unpaired) electrons. The molecule has 0 saturated heterocycles. The number of carbonyl (C=O) groups is 1. The molecule has 0 heterocycles. The monoisotopic (exact) mass is 263 g/mol. The molecule has 0 bridgehead atoms. The average molecular weight is 263 g/mol. The van der Waals surface area contributed by atoms with Gasteiger partial charge in [-0.05, 0) is 24.3 Å². The molecule has 0 aliphatic rings. The Balaban J connectivity index is 2.10. The number of hydrogen-bond donors (Lipinski definition) is 1. The van der Waals surface area contributed by atoms with E-state index in [9.17, 15) is 8.68 Å². The summed E-state index contributed by atoms with van der Waals surface area (Å²) in [5, 5.41) is 2.71. The Bertz CT molecular complexity index is 534. The second kappa shape index (κ2) is 6.07. The van der Waals surface area contributed by atoms with Crippen LogP contribution in [0.15, 0.2) is 54.6 Å². The van der Waals surface area contributed by atoms with Crippen molar-refractivity contribution in [1.29, 1.82) is 0 Å². The Morgan fingerprint density at radius 1 is 1.11 bits per heavy atom. The van der Waals surface area contributed by atoms with Crippen LogP contribution in [0.3, 0.4) is 0 Å². The van der Waals surface area contributed by atoms with Crippen molar-refractivity contribution in [2.24, 2.45) is 0 Å². The number of halogens is 1. The molecule has 5 heteroatoms. The van der Waals surface area contributed by atoms with Crippen LogP contribution in [0.5, 0.6) is 5.75 Å². The van der Waals surface area contributed by atoms with E-state index in [1.165, 1.54) is 0 Å². The van der Waals surface area contributed by atoms with Gasteiger partial charge < -0.3 is 9.50 Å². The zero-order chi connectivity index (χ0) is 12.8. The van der Waals surface area contributed by atoms with E-state index in [1.807, 2.05) is 6.07 Å². The van der Waals surface area contributed by atoms with Gasteiger partial charge in [-0.2, -0.15) is 0 Å². The van der Waals surface area contributed by atoms with Crippen LogP contribution in [0.4, 0.5) is 9.57 Å². The van der Waals surface area contributed by atoms with Crippen LogP contribution in [0.2, 0.25) is 0 Å². The van der Waals surface area contributed by atoms with Gasteiger partial charge in [0.1, 0.15) is 5.75 Å². The first-order valence-corrected chi connectivity index (χ1v) is 5.85. The van der Waals surface area contributed by atoms with Crippen molar-refractivity contribution in [3.05, 3.63) is 60.2 Å². The van der Waals surface area contributed by atoms with E-state index >= 15 is 0 Å². The number of rotatable bonds is 4. The van der Waals surface area contributed by atoms with E-state index in [0.29, 0.717) is 17.0 Å². The molecular weight excluding hydrogens is 253 g/mol. The zero-order valence-corrected chi connectivity index (χ0v) is 10.1. The molecule has 0 fully saturated rings. The highest BCUT2D eigenvalue weighted by Gasteiger charge is 2.05. The number of amides is 1. The third-order valence-electron chi connectivity index (χ3n) is 2.26. The maximum absolute atomic E-state index is 11.9. The van der Waals surface area contributed by atoms with E-state index in [4.69, 9.17) is 0 Å². The van der Waals surface area contributed by atoms with Crippen LogP contribution in [0.25, 0.3) is 0 Å². The first-order valence-electron chi connectivity index (χ1n) is 5.21. The minimum Gasteiger partial charge on any atom is -0.397 e. The summed E-state index contributed by atoms with van der Waals surface area (Å²) in [4.78, 5) is 11.9. The first-order chi connectivity index (χ1) is 8.79. The Labute approximate surface area is 108 Å². The number of hydrogen-bond acceptors (Lipinski definition) is 3. The largest absolute Gasteiger partial charge is 0.397 e. The molecule has 2 rings (SSSR count). The number of benzene rings is 2. The number of nitrogens with one attached hydrogen (secondary N) is 1. The van der Waals surface area contributed by atoms with Crippen LogP contribution >= 0.6 is 12.4 Å². The van der Waals surface area contributed by atoms with Crippen molar-refractivity contribution in [3.63, 3.8) is 0 Å². The van der Waals surface area contributed by atoms with Gasteiger partial charge >= 0.3 is 0 Å². The van der Waals surface area contributed by atoms with Crippen molar-refractivity contribution < 1.29 is 12.9 Å². The Morgan fingerprint density at radius 3 is 2.61 bits per heavy atom. The van der Waals surface area contributed by atoms with Crippen LogP contribution in [0.1, 0.15) is 10.4 Å². The fourth-order valence-corrected chi connectivity index (χ4v) is 1.63. The van der Waals surface area contributed by atoms with Crippen molar-refractivity contribution >= 4 is 24.0 Å². The molecule has 0 aliphatic carbocycles. The number of anilines is 1. The van der Waals surface area contributed by atoms with Crippen molar-refractivity contribution in [2.75, 3.05) is 5.32 Å². The molecule has 0 saturated carbocycles. The molecule has 3 nitrogen and oxygen atoms in total. The Hall–Kier alpha value is -2.01. The summed E-state index contributed by atoms with van der Waals surface area (Å²) in [6, 6.07) is 15.4. The summed E-state index contributed by atoms with van der Waals surface area (Å²) in [7, 11) is 0. The highest BCUT2D eigenvalue weighted by atomic mass is 32.2. The maximum Gasteiger partial charge on any atom is 0.272 e. The van der Waals surface area contributed by atoms with Crippen molar-refractivity contribution in [2.45, 2.75) is 0 Å². The first kappa shape index (κ1) is 12.4. The number of carbonyl (C=O) groups excluding carboxylic acids is 1. The highest BCUT2D eigenvalue weighted by molar-refractivity contribution is 7.89.